The number of aryl methyl sites for hydroxylation is 1. The number of ether oxygens (including phenoxy) is 4. The molecule has 1 aromatic carbocycles. The number of imidazole rings is 1. The zero-order valence-electron chi connectivity index (χ0n) is 16.4. The number of hydrogen-bond acceptors (Lipinski definition) is 6. The van der Waals surface area contributed by atoms with E-state index in [2.05, 4.69) is 28.0 Å². The summed E-state index contributed by atoms with van der Waals surface area (Å²) >= 11 is 0. The number of nitrogens with one attached hydrogen (secondary N) is 1. The maximum Gasteiger partial charge on any atom is 0.161 e. The highest BCUT2D eigenvalue weighted by atomic mass is 16.7. The Hall–Kier alpha value is -2.09. The van der Waals surface area contributed by atoms with Gasteiger partial charge in [-0.3, -0.25) is 4.90 Å². The number of methoxy groups -OCH3 is 1. The van der Waals surface area contributed by atoms with Crippen molar-refractivity contribution in [2.45, 2.75) is 39.1 Å². The van der Waals surface area contributed by atoms with Crippen LogP contribution in [0.1, 0.15) is 29.9 Å². The van der Waals surface area contributed by atoms with Crippen LogP contribution < -0.4 is 9.47 Å². The molecular weight excluding hydrogens is 346 g/mol. The number of nitrogens with zero attached hydrogens (tertiary/aromatic N) is 2. The molecule has 2 heterocycles. The molecule has 1 aliphatic rings. The Morgan fingerprint density at radius 3 is 2.74 bits per heavy atom. The second-order valence-corrected chi connectivity index (χ2v) is 6.83. The van der Waals surface area contributed by atoms with Gasteiger partial charge in [-0.05, 0) is 38.1 Å². The summed E-state index contributed by atoms with van der Waals surface area (Å²) < 4.78 is 22.5. The molecule has 0 radical (unpaired) electrons. The van der Waals surface area contributed by atoms with Crippen LogP contribution in [0.15, 0.2) is 24.4 Å². The van der Waals surface area contributed by atoms with Gasteiger partial charge < -0.3 is 23.9 Å². The van der Waals surface area contributed by atoms with E-state index in [0.29, 0.717) is 13.0 Å². The number of aromatic nitrogens is 2. The summed E-state index contributed by atoms with van der Waals surface area (Å²) in [5, 5.41) is 0. The van der Waals surface area contributed by atoms with E-state index in [9.17, 15) is 0 Å². The molecule has 27 heavy (non-hydrogen) atoms. The second-order valence-electron chi connectivity index (χ2n) is 6.83. The zero-order valence-corrected chi connectivity index (χ0v) is 16.4. The molecule has 7 heteroatoms. The number of aromatic amines is 1. The van der Waals surface area contributed by atoms with Gasteiger partial charge in [-0.2, -0.15) is 0 Å². The van der Waals surface area contributed by atoms with Crippen molar-refractivity contribution in [2.24, 2.45) is 0 Å². The van der Waals surface area contributed by atoms with E-state index < -0.39 is 0 Å². The molecule has 0 saturated carbocycles. The van der Waals surface area contributed by atoms with Crippen LogP contribution in [-0.4, -0.2) is 55.1 Å². The van der Waals surface area contributed by atoms with Crippen LogP contribution in [0.3, 0.4) is 0 Å². The van der Waals surface area contributed by atoms with Crippen molar-refractivity contribution in [1.29, 1.82) is 0 Å². The normalized spacial score (nSPS) is 15.3. The lowest BCUT2D eigenvalue weighted by molar-refractivity contribution is -0.183. The number of benzene rings is 1. The summed E-state index contributed by atoms with van der Waals surface area (Å²) in [5.74, 6) is 2.44. The van der Waals surface area contributed by atoms with Crippen LogP contribution in [0.2, 0.25) is 0 Å². The average molecular weight is 375 g/mol. The fourth-order valence-corrected chi connectivity index (χ4v) is 3.07. The van der Waals surface area contributed by atoms with Crippen molar-refractivity contribution in [3.05, 3.63) is 41.5 Å². The van der Waals surface area contributed by atoms with Gasteiger partial charge in [-0.25, -0.2) is 4.98 Å². The maximum absolute atomic E-state index is 5.95. The highest BCUT2D eigenvalue weighted by molar-refractivity contribution is 5.43. The highest BCUT2D eigenvalue weighted by Gasteiger charge is 2.15. The first-order chi connectivity index (χ1) is 13.1. The number of H-pyrrole nitrogens is 1. The molecule has 0 bridgehead atoms. The van der Waals surface area contributed by atoms with Gasteiger partial charge in [0.25, 0.3) is 0 Å². The van der Waals surface area contributed by atoms with Crippen molar-refractivity contribution in [3.8, 4) is 11.5 Å². The third-order valence-electron chi connectivity index (χ3n) is 4.36. The molecule has 1 fully saturated rings. The fourth-order valence-electron chi connectivity index (χ4n) is 3.07. The molecule has 1 aromatic heterocycles. The molecule has 7 nitrogen and oxygen atoms in total. The lowest BCUT2D eigenvalue weighted by Gasteiger charge is -2.23. The third-order valence-corrected chi connectivity index (χ3v) is 4.36. The summed E-state index contributed by atoms with van der Waals surface area (Å²) in [7, 11) is 3.72. The first-order valence-electron chi connectivity index (χ1n) is 9.36. The van der Waals surface area contributed by atoms with Crippen LogP contribution >= 0.6 is 0 Å². The monoisotopic (exact) mass is 375 g/mol. The Labute approximate surface area is 160 Å². The van der Waals surface area contributed by atoms with E-state index in [1.807, 2.05) is 25.3 Å². The number of hydrogen-bond donors (Lipinski definition) is 1. The minimum Gasteiger partial charge on any atom is -0.493 e. The molecule has 3 rings (SSSR count). The van der Waals surface area contributed by atoms with Crippen molar-refractivity contribution in [3.63, 3.8) is 0 Å². The van der Waals surface area contributed by atoms with E-state index in [0.717, 1.165) is 61.3 Å². The van der Waals surface area contributed by atoms with Gasteiger partial charge in [0.15, 0.2) is 17.8 Å². The van der Waals surface area contributed by atoms with Gasteiger partial charge in [0.05, 0.1) is 33.5 Å². The first-order valence-corrected chi connectivity index (χ1v) is 9.36. The summed E-state index contributed by atoms with van der Waals surface area (Å²) in [6.45, 7) is 5.58. The predicted molar refractivity (Wildman–Crippen MR) is 102 cm³/mol. The molecule has 0 atom stereocenters. The Balaban J connectivity index is 1.55. The molecule has 2 aromatic rings. The standard InChI is InChI=1S/C20H29N3O4/c1-15-12-21-19(22-15)14-23(2)13-16-5-6-17(24-3)18(11-16)25-10-7-20-26-8-4-9-27-20/h5-6,11-12,20H,4,7-10,13-14H2,1-3H3,(H,21,22). The minimum absolute atomic E-state index is 0.171. The predicted octanol–water partition coefficient (Wildman–Crippen LogP) is 2.89. The second kappa shape index (κ2) is 9.73. The molecule has 0 spiro atoms. The van der Waals surface area contributed by atoms with E-state index in [-0.39, 0.29) is 6.29 Å². The Morgan fingerprint density at radius 2 is 2.04 bits per heavy atom. The van der Waals surface area contributed by atoms with Crippen LogP contribution in [0.5, 0.6) is 11.5 Å². The highest BCUT2D eigenvalue weighted by Crippen LogP contribution is 2.29. The largest absolute Gasteiger partial charge is 0.493 e. The van der Waals surface area contributed by atoms with E-state index in [4.69, 9.17) is 18.9 Å². The van der Waals surface area contributed by atoms with Crippen molar-refractivity contribution in [2.75, 3.05) is 34.0 Å². The van der Waals surface area contributed by atoms with E-state index in [1.54, 1.807) is 7.11 Å². The molecule has 0 unspecified atom stereocenters. The van der Waals surface area contributed by atoms with Gasteiger partial charge in [-0.15, -0.1) is 0 Å². The molecular formula is C20H29N3O4. The lowest BCUT2D eigenvalue weighted by Crippen LogP contribution is -2.26. The van der Waals surface area contributed by atoms with E-state index in [1.165, 1.54) is 0 Å². The van der Waals surface area contributed by atoms with Gasteiger partial charge >= 0.3 is 0 Å². The molecule has 1 aliphatic heterocycles. The van der Waals surface area contributed by atoms with Gasteiger partial charge in [0, 0.05) is 24.9 Å². The quantitative estimate of drug-likeness (QED) is 0.727. The lowest BCUT2D eigenvalue weighted by atomic mass is 10.2. The van der Waals surface area contributed by atoms with Crippen LogP contribution in [-0.2, 0) is 22.6 Å². The van der Waals surface area contributed by atoms with Gasteiger partial charge in [-0.1, -0.05) is 6.07 Å². The first kappa shape index (κ1) is 19.7. The topological polar surface area (TPSA) is 68.8 Å². The Bertz CT molecular complexity index is 713. The van der Waals surface area contributed by atoms with Crippen LogP contribution in [0.25, 0.3) is 0 Å². The number of rotatable bonds is 9. The summed E-state index contributed by atoms with van der Waals surface area (Å²) in [6.07, 6.45) is 3.34. The van der Waals surface area contributed by atoms with E-state index >= 15 is 0 Å². The SMILES string of the molecule is COc1ccc(CN(C)Cc2ncc(C)[nH]2)cc1OCCC1OCCCO1. The average Bonchev–Trinajstić information content (AvgIpc) is 3.07. The molecule has 1 N–H and O–H groups in total. The summed E-state index contributed by atoms with van der Waals surface area (Å²) in [4.78, 5) is 9.82. The summed E-state index contributed by atoms with van der Waals surface area (Å²) in [5.41, 5.74) is 2.23. The maximum atomic E-state index is 5.95. The minimum atomic E-state index is -0.171. The Kier molecular flexibility index (Phi) is 7.09. The fraction of sp³-hybridized carbons (Fsp3) is 0.550. The van der Waals surface area contributed by atoms with Gasteiger partial charge in [0.2, 0.25) is 0 Å². The molecule has 1 saturated heterocycles. The van der Waals surface area contributed by atoms with Crippen molar-refractivity contribution in [1.82, 2.24) is 14.9 Å². The Morgan fingerprint density at radius 1 is 1.22 bits per heavy atom. The molecule has 148 valence electrons. The van der Waals surface area contributed by atoms with Crippen LogP contribution in [0.4, 0.5) is 0 Å². The van der Waals surface area contributed by atoms with Crippen LogP contribution in [0, 0.1) is 6.92 Å². The molecule has 0 aliphatic carbocycles. The third kappa shape index (κ3) is 5.95. The smallest absolute Gasteiger partial charge is 0.161 e. The van der Waals surface area contributed by atoms with Crippen molar-refractivity contribution < 1.29 is 18.9 Å². The van der Waals surface area contributed by atoms with Gasteiger partial charge in [0.1, 0.15) is 5.82 Å². The summed E-state index contributed by atoms with van der Waals surface area (Å²) in [6, 6.07) is 6.04. The molecule has 0 amide bonds. The van der Waals surface area contributed by atoms with Crippen molar-refractivity contribution >= 4 is 0 Å². The zero-order chi connectivity index (χ0) is 19.1.